The summed E-state index contributed by atoms with van der Waals surface area (Å²) in [5, 5.41) is 0. The number of hydrogen-bond acceptors (Lipinski definition) is 2. The molecule has 0 unspecified atom stereocenters. The molecule has 0 aromatic carbocycles. The van der Waals surface area contributed by atoms with Crippen LogP contribution in [0.3, 0.4) is 0 Å². The Hall–Kier alpha value is -0.225. The van der Waals surface area contributed by atoms with E-state index in [1.165, 1.54) is 4.90 Å². The first-order chi connectivity index (χ1) is 6.35. The van der Waals surface area contributed by atoms with Crippen molar-refractivity contribution in [3.05, 3.63) is 0 Å². The predicted octanol–water partition coefficient (Wildman–Crippen LogP) is 1.65. The van der Waals surface area contributed by atoms with Crippen molar-refractivity contribution in [1.29, 1.82) is 0 Å². The molecule has 0 aliphatic carbocycles. The van der Waals surface area contributed by atoms with E-state index in [0.29, 0.717) is 13.1 Å². The molecule has 0 amide bonds. The molecule has 6 heteroatoms. The van der Waals surface area contributed by atoms with Crippen molar-refractivity contribution in [3.8, 4) is 0 Å². The maximum absolute atomic E-state index is 12.1. The van der Waals surface area contributed by atoms with E-state index in [0.717, 1.165) is 13.0 Å². The molecule has 0 fully saturated rings. The number of nitrogens with zero attached hydrogens (tertiary/aromatic N) is 2. The van der Waals surface area contributed by atoms with Crippen LogP contribution in [0.2, 0.25) is 0 Å². The lowest BCUT2D eigenvalue weighted by Crippen LogP contribution is -2.39. The van der Waals surface area contributed by atoms with E-state index in [2.05, 4.69) is 0 Å². The largest absolute Gasteiger partial charge is 0.492 e. The fourth-order valence-corrected chi connectivity index (χ4v) is 1.28. The average molecular weight is 211 g/mol. The van der Waals surface area contributed by atoms with Gasteiger partial charge in [-0.15, -0.1) is 0 Å². The van der Waals surface area contributed by atoms with Gasteiger partial charge < -0.3 is 22.7 Å². The van der Waals surface area contributed by atoms with Gasteiger partial charge >= 0.3 is 6.98 Å². The second-order valence-corrected chi connectivity index (χ2v) is 3.76. The topological polar surface area (TPSA) is 6.48 Å². The van der Waals surface area contributed by atoms with Gasteiger partial charge in [-0.25, -0.2) is 0 Å². The highest BCUT2D eigenvalue weighted by Gasteiger charge is 2.25. The second kappa shape index (κ2) is 6.29. The molecule has 0 N–H and O–H groups in total. The van der Waals surface area contributed by atoms with E-state index in [1.807, 2.05) is 19.0 Å². The lowest BCUT2D eigenvalue weighted by Gasteiger charge is -2.26. The standard InChI is InChI=1S/C8H19BF3N2/c1-4-14(8-9(10,11)12)7-5-6-13(2)3/h4-8H2,1-3H3/q-1. The SMILES string of the molecule is CCN(CCCN(C)C)C[B-](F)(F)F. The van der Waals surface area contributed by atoms with Crippen LogP contribution in [0, 0.1) is 0 Å². The van der Waals surface area contributed by atoms with Crippen LogP contribution < -0.4 is 0 Å². The third kappa shape index (κ3) is 8.38. The molecule has 0 aromatic rings. The summed E-state index contributed by atoms with van der Waals surface area (Å²) < 4.78 is 36.3. The van der Waals surface area contributed by atoms with Gasteiger partial charge in [0.2, 0.25) is 0 Å². The molecule has 0 rings (SSSR count). The van der Waals surface area contributed by atoms with Crippen LogP contribution in [-0.4, -0.2) is 57.0 Å². The van der Waals surface area contributed by atoms with Gasteiger partial charge in [0.1, 0.15) is 0 Å². The van der Waals surface area contributed by atoms with Crippen molar-refractivity contribution in [2.45, 2.75) is 13.3 Å². The zero-order chi connectivity index (χ0) is 11.2. The quantitative estimate of drug-likeness (QED) is 0.590. The zero-order valence-electron chi connectivity index (χ0n) is 9.14. The Labute approximate surface area is 84.1 Å². The first-order valence-corrected chi connectivity index (χ1v) is 4.93. The Morgan fingerprint density at radius 1 is 1.07 bits per heavy atom. The molecule has 0 heterocycles. The summed E-state index contributed by atoms with van der Waals surface area (Å²) in [6.07, 6.45) is 0.0525. The molecular weight excluding hydrogens is 192 g/mol. The Balaban J connectivity index is 3.69. The summed E-state index contributed by atoms with van der Waals surface area (Å²) in [4.78, 5) is 3.43. The summed E-state index contributed by atoms with van der Waals surface area (Å²) in [7, 11) is 3.84. The summed E-state index contributed by atoms with van der Waals surface area (Å²) in [6.45, 7) is -1.09. The first-order valence-electron chi connectivity index (χ1n) is 4.93. The normalized spacial score (nSPS) is 12.9. The number of halogens is 3. The Morgan fingerprint density at radius 2 is 1.64 bits per heavy atom. The van der Waals surface area contributed by atoms with E-state index in [4.69, 9.17) is 0 Å². The monoisotopic (exact) mass is 211 g/mol. The van der Waals surface area contributed by atoms with Crippen LogP contribution in [0.4, 0.5) is 12.9 Å². The third-order valence-corrected chi connectivity index (χ3v) is 1.99. The maximum atomic E-state index is 12.1. The zero-order valence-corrected chi connectivity index (χ0v) is 9.14. The molecule has 0 aromatic heterocycles. The Kier molecular flexibility index (Phi) is 6.19. The highest BCUT2D eigenvalue weighted by atomic mass is 19.4. The molecule has 14 heavy (non-hydrogen) atoms. The summed E-state index contributed by atoms with van der Waals surface area (Å²) >= 11 is 0. The molecule has 0 aliphatic rings. The molecule has 2 nitrogen and oxygen atoms in total. The summed E-state index contributed by atoms with van der Waals surface area (Å²) in [6, 6.07) is 0. The Morgan fingerprint density at radius 3 is 2.00 bits per heavy atom. The highest BCUT2D eigenvalue weighted by Crippen LogP contribution is 2.10. The van der Waals surface area contributed by atoms with Crippen molar-refractivity contribution in [3.63, 3.8) is 0 Å². The van der Waals surface area contributed by atoms with Crippen LogP contribution in [0.5, 0.6) is 0 Å². The minimum atomic E-state index is -4.67. The van der Waals surface area contributed by atoms with E-state index >= 15 is 0 Å². The molecule has 0 aliphatic heterocycles. The molecular formula is C8H19BF3N2-. The van der Waals surface area contributed by atoms with Gasteiger partial charge in [0.15, 0.2) is 0 Å². The van der Waals surface area contributed by atoms with E-state index in [-0.39, 0.29) is 0 Å². The average Bonchev–Trinajstić information content (AvgIpc) is 1.99. The molecule has 0 atom stereocenters. The maximum Gasteiger partial charge on any atom is 0.492 e. The number of hydrogen-bond donors (Lipinski definition) is 0. The van der Waals surface area contributed by atoms with Crippen LogP contribution in [0.15, 0.2) is 0 Å². The summed E-state index contributed by atoms with van der Waals surface area (Å²) in [5.41, 5.74) is 0. The van der Waals surface area contributed by atoms with Gasteiger partial charge in [0.05, 0.1) is 0 Å². The summed E-state index contributed by atoms with van der Waals surface area (Å²) in [5.74, 6) is 0. The third-order valence-electron chi connectivity index (χ3n) is 1.99. The van der Waals surface area contributed by atoms with Crippen LogP contribution in [-0.2, 0) is 0 Å². The van der Waals surface area contributed by atoms with Crippen molar-refractivity contribution in [2.75, 3.05) is 40.2 Å². The highest BCUT2D eigenvalue weighted by molar-refractivity contribution is 6.58. The van der Waals surface area contributed by atoms with Crippen LogP contribution in [0.1, 0.15) is 13.3 Å². The van der Waals surface area contributed by atoms with E-state index < -0.39 is 13.4 Å². The molecule has 0 radical (unpaired) electrons. The fraction of sp³-hybridized carbons (Fsp3) is 1.00. The molecule has 0 saturated heterocycles. The fourth-order valence-electron chi connectivity index (χ4n) is 1.28. The minimum Gasteiger partial charge on any atom is -0.448 e. The number of rotatable bonds is 7. The van der Waals surface area contributed by atoms with Gasteiger partial charge in [-0.2, -0.15) is 0 Å². The van der Waals surface area contributed by atoms with Crippen molar-refractivity contribution >= 4 is 6.98 Å². The van der Waals surface area contributed by atoms with Crippen molar-refractivity contribution < 1.29 is 12.9 Å². The molecule has 86 valence electrons. The van der Waals surface area contributed by atoms with Gasteiger partial charge in [0.25, 0.3) is 0 Å². The predicted molar refractivity (Wildman–Crippen MR) is 54.4 cm³/mol. The van der Waals surface area contributed by atoms with Crippen molar-refractivity contribution in [2.24, 2.45) is 0 Å². The van der Waals surface area contributed by atoms with E-state index in [9.17, 15) is 12.9 Å². The molecule has 0 bridgehead atoms. The second-order valence-electron chi connectivity index (χ2n) is 3.76. The lowest BCUT2D eigenvalue weighted by atomic mass is 9.91. The molecule has 0 saturated carbocycles. The van der Waals surface area contributed by atoms with Gasteiger partial charge in [-0.05, 0) is 46.6 Å². The van der Waals surface area contributed by atoms with E-state index in [1.54, 1.807) is 6.92 Å². The smallest absolute Gasteiger partial charge is 0.448 e. The van der Waals surface area contributed by atoms with Gasteiger partial charge in [-0.3, -0.25) is 0 Å². The van der Waals surface area contributed by atoms with Crippen LogP contribution in [0.25, 0.3) is 0 Å². The molecule has 0 spiro atoms. The first kappa shape index (κ1) is 13.8. The minimum absolute atomic E-state index is 0.467. The Bertz CT molecular complexity index is 150. The van der Waals surface area contributed by atoms with Crippen molar-refractivity contribution in [1.82, 2.24) is 9.80 Å². The van der Waals surface area contributed by atoms with Gasteiger partial charge in [-0.1, -0.05) is 6.92 Å². The van der Waals surface area contributed by atoms with Gasteiger partial charge in [0, 0.05) is 0 Å². The lowest BCUT2D eigenvalue weighted by molar-refractivity contribution is 0.271. The van der Waals surface area contributed by atoms with Crippen LogP contribution >= 0.6 is 0 Å².